The number of esters is 3. The first-order chi connectivity index (χ1) is 34.1. The maximum absolute atomic E-state index is 12.9. The van der Waals surface area contributed by atoms with E-state index in [0.717, 1.165) is 75.5 Å². The molecular formula is C64H124O6. The minimum atomic E-state index is -0.764. The van der Waals surface area contributed by atoms with Gasteiger partial charge in [-0.1, -0.05) is 318 Å². The number of carbonyl (C=O) groups excluding carboxylic acids is 3. The Bertz CT molecular complexity index is 1090. The van der Waals surface area contributed by atoms with Gasteiger partial charge < -0.3 is 14.2 Å². The Balaban J connectivity index is 4.30. The summed E-state index contributed by atoms with van der Waals surface area (Å²) in [5.74, 6) is 1.75. The molecule has 0 bridgehead atoms. The lowest BCUT2D eigenvalue weighted by atomic mass is 9.99. The lowest BCUT2D eigenvalue weighted by molar-refractivity contribution is -0.167. The van der Waals surface area contributed by atoms with E-state index in [2.05, 4.69) is 41.5 Å². The number of unbranched alkanes of at least 4 members (excludes halogenated alkanes) is 39. The highest BCUT2D eigenvalue weighted by Crippen LogP contribution is 2.19. The van der Waals surface area contributed by atoms with Gasteiger partial charge in [-0.05, 0) is 37.0 Å². The predicted octanol–water partition coefficient (Wildman–Crippen LogP) is 21.1. The fourth-order valence-electron chi connectivity index (χ4n) is 9.85. The molecule has 0 amide bonds. The van der Waals surface area contributed by atoms with Crippen molar-refractivity contribution in [3.8, 4) is 0 Å². The van der Waals surface area contributed by atoms with E-state index in [9.17, 15) is 14.4 Å². The lowest BCUT2D eigenvalue weighted by Gasteiger charge is -2.18. The van der Waals surface area contributed by atoms with Crippen LogP contribution in [0, 0.1) is 17.8 Å². The average molecular weight is 990 g/mol. The molecule has 0 fully saturated rings. The summed E-state index contributed by atoms with van der Waals surface area (Å²) in [5.41, 5.74) is 0. The van der Waals surface area contributed by atoms with Crippen LogP contribution in [0.5, 0.6) is 0 Å². The second kappa shape index (κ2) is 55.2. The van der Waals surface area contributed by atoms with E-state index < -0.39 is 6.10 Å². The van der Waals surface area contributed by atoms with Crippen LogP contribution in [0.1, 0.15) is 356 Å². The van der Waals surface area contributed by atoms with Crippen molar-refractivity contribution in [3.05, 3.63) is 0 Å². The molecule has 0 aliphatic heterocycles. The molecule has 0 rings (SSSR count). The third-order valence-electron chi connectivity index (χ3n) is 15.0. The van der Waals surface area contributed by atoms with Crippen LogP contribution < -0.4 is 0 Å². The van der Waals surface area contributed by atoms with Gasteiger partial charge in [0, 0.05) is 19.3 Å². The van der Waals surface area contributed by atoms with E-state index in [0.29, 0.717) is 19.3 Å². The SMILES string of the molecule is CCC(C)CCCCCCCCCCCCCCCCC(=O)OC[C@H](COC(=O)CCCCCCCCCCCCCCCCC(C)C)OC(=O)CCCCCCCCCCCCCCCCC(C)C. The summed E-state index contributed by atoms with van der Waals surface area (Å²) in [7, 11) is 0. The van der Waals surface area contributed by atoms with Crippen molar-refractivity contribution in [2.24, 2.45) is 17.8 Å². The second-order valence-electron chi connectivity index (χ2n) is 23.2. The third kappa shape index (κ3) is 55.7. The molecular weight excluding hydrogens is 865 g/mol. The van der Waals surface area contributed by atoms with Gasteiger partial charge in [-0.3, -0.25) is 14.4 Å². The first-order valence-electron chi connectivity index (χ1n) is 31.6. The molecule has 70 heavy (non-hydrogen) atoms. The first kappa shape index (κ1) is 68.4. The highest BCUT2D eigenvalue weighted by atomic mass is 16.6. The van der Waals surface area contributed by atoms with Crippen LogP contribution in [-0.4, -0.2) is 37.2 Å². The average Bonchev–Trinajstić information content (AvgIpc) is 3.33. The molecule has 416 valence electrons. The van der Waals surface area contributed by atoms with Gasteiger partial charge >= 0.3 is 17.9 Å². The third-order valence-corrected chi connectivity index (χ3v) is 15.0. The fraction of sp³-hybridized carbons (Fsp3) is 0.953. The summed E-state index contributed by atoms with van der Waals surface area (Å²) in [5, 5.41) is 0. The van der Waals surface area contributed by atoms with Crippen molar-refractivity contribution in [2.45, 2.75) is 362 Å². The topological polar surface area (TPSA) is 78.9 Å². The number of rotatable bonds is 57. The number of hydrogen-bond donors (Lipinski definition) is 0. The summed E-state index contributed by atoms with van der Waals surface area (Å²) in [4.78, 5) is 38.3. The molecule has 0 aliphatic rings. The van der Waals surface area contributed by atoms with Crippen molar-refractivity contribution >= 4 is 17.9 Å². The van der Waals surface area contributed by atoms with Crippen molar-refractivity contribution in [1.82, 2.24) is 0 Å². The maximum atomic E-state index is 12.9. The zero-order valence-electron chi connectivity index (χ0n) is 48.3. The van der Waals surface area contributed by atoms with Gasteiger partial charge in [0.1, 0.15) is 13.2 Å². The van der Waals surface area contributed by atoms with E-state index in [1.54, 1.807) is 0 Å². The van der Waals surface area contributed by atoms with Gasteiger partial charge in [0.05, 0.1) is 0 Å². The van der Waals surface area contributed by atoms with Crippen LogP contribution in [0.2, 0.25) is 0 Å². The Morgan fingerprint density at radius 3 is 0.743 bits per heavy atom. The molecule has 0 spiro atoms. The van der Waals surface area contributed by atoms with E-state index >= 15 is 0 Å². The highest BCUT2D eigenvalue weighted by molar-refractivity contribution is 5.71. The normalized spacial score (nSPS) is 12.5. The molecule has 0 N–H and O–H groups in total. The Kier molecular flexibility index (Phi) is 53.9. The van der Waals surface area contributed by atoms with Crippen molar-refractivity contribution in [1.29, 1.82) is 0 Å². The van der Waals surface area contributed by atoms with E-state index in [4.69, 9.17) is 14.2 Å². The summed E-state index contributed by atoms with van der Waals surface area (Å²) in [6.45, 7) is 13.8. The Labute approximate surface area is 438 Å². The van der Waals surface area contributed by atoms with E-state index in [-0.39, 0.29) is 31.1 Å². The van der Waals surface area contributed by atoms with E-state index in [1.807, 2.05) is 0 Å². The standard InChI is InChI=1S/C64H124O6/c1-7-60(6)52-46-40-34-28-22-16-10-13-18-24-30-36-42-48-54-63(66)69-57-61(70-64(67)55-49-43-37-31-25-19-12-9-15-21-27-33-39-45-51-59(4)5)56-68-62(65)53-47-41-35-29-23-17-11-8-14-20-26-32-38-44-50-58(2)3/h58-61H,7-57H2,1-6H3/t60?,61-/m0/s1. The minimum absolute atomic E-state index is 0.0627. The molecule has 2 atom stereocenters. The molecule has 0 saturated heterocycles. The van der Waals surface area contributed by atoms with Gasteiger partial charge in [-0.15, -0.1) is 0 Å². The van der Waals surface area contributed by atoms with Gasteiger partial charge in [-0.2, -0.15) is 0 Å². The molecule has 0 radical (unpaired) electrons. The lowest BCUT2D eigenvalue weighted by Crippen LogP contribution is -2.30. The zero-order valence-corrected chi connectivity index (χ0v) is 48.3. The largest absolute Gasteiger partial charge is 0.462 e. The number of carbonyl (C=O) groups is 3. The van der Waals surface area contributed by atoms with Crippen LogP contribution >= 0.6 is 0 Å². The van der Waals surface area contributed by atoms with Crippen molar-refractivity contribution in [2.75, 3.05) is 13.2 Å². The molecule has 0 aromatic carbocycles. The summed E-state index contributed by atoms with van der Waals surface area (Å²) in [6.07, 6.45) is 59.5. The smallest absolute Gasteiger partial charge is 0.306 e. The van der Waals surface area contributed by atoms with Crippen LogP contribution in [0.25, 0.3) is 0 Å². The Morgan fingerprint density at radius 1 is 0.286 bits per heavy atom. The first-order valence-corrected chi connectivity index (χ1v) is 31.6. The molecule has 0 aromatic rings. The van der Waals surface area contributed by atoms with E-state index in [1.165, 1.54) is 238 Å². The fourth-order valence-corrected chi connectivity index (χ4v) is 9.85. The molecule has 6 nitrogen and oxygen atoms in total. The van der Waals surface area contributed by atoms with Crippen LogP contribution in [-0.2, 0) is 28.6 Å². The van der Waals surface area contributed by atoms with Crippen molar-refractivity contribution in [3.63, 3.8) is 0 Å². The molecule has 0 heterocycles. The minimum Gasteiger partial charge on any atom is -0.462 e. The van der Waals surface area contributed by atoms with Gasteiger partial charge in [-0.25, -0.2) is 0 Å². The highest BCUT2D eigenvalue weighted by Gasteiger charge is 2.19. The summed E-state index contributed by atoms with van der Waals surface area (Å²) < 4.78 is 17.0. The summed E-state index contributed by atoms with van der Waals surface area (Å²) in [6, 6.07) is 0. The maximum Gasteiger partial charge on any atom is 0.306 e. The Morgan fingerprint density at radius 2 is 0.500 bits per heavy atom. The van der Waals surface area contributed by atoms with Crippen LogP contribution in [0.15, 0.2) is 0 Å². The number of hydrogen-bond acceptors (Lipinski definition) is 6. The zero-order chi connectivity index (χ0) is 51.2. The van der Waals surface area contributed by atoms with Gasteiger partial charge in [0.15, 0.2) is 6.10 Å². The van der Waals surface area contributed by atoms with Gasteiger partial charge in [0.2, 0.25) is 0 Å². The van der Waals surface area contributed by atoms with Crippen LogP contribution in [0.3, 0.4) is 0 Å². The Hall–Kier alpha value is -1.59. The molecule has 0 aromatic heterocycles. The monoisotopic (exact) mass is 989 g/mol. The quantitative estimate of drug-likeness (QED) is 0.0343. The molecule has 0 saturated carbocycles. The number of ether oxygens (including phenoxy) is 3. The van der Waals surface area contributed by atoms with Gasteiger partial charge in [0.25, 0.3) is 0 Å². The molecule has 6 heteroatoms. The molecule has 1 unspecified atom stereocenters. The second-order valence-corrected chi connectivity index (χ2v) is 23.2. The van der Waals surface area contributed by atoms with Crippen molar-refractivity contribution < 1.29 is 28.6 Å². The predicted molar refractivity (Wildman–Crippen MR) is 303 cm³/mol. The van der Waals surface area contributed by atoms with Crippen LogP contribution in [0.4, 0.5) is 0 Å². The summed E-state index contributed by atoms with van der Waals surface area (Å²) >= 11 is 0. The molecule has 0 aliphatic carbocycles.